The van der Waals surface area contributed by atoms with Crippen LogP contribution in [0.3, 0.4) is 0 Å². The molecule has 3 N–H and O–H groups in total. The van der Waals surface area contributed by atoms with Crippen LogP contribution in [0.2, 0.25) is 0 Å². The molecule has 0 aliphatic carbocycles. The Bertz CT molecular complexity index is 677. The topological polar surface area (TPSA) is 122 Å². The van der Waals surface area contributed by atoms with Gasteiger partial charge in [-0.2, -0.15) is 0 Å². The molecule has 264 valence electrons. The van der Waals surface area contributed by atoms with Crippen molar-refractivity contribution in [3.63, 3.8) is 0 Å². The Morgan fingerprint density at radius 2 is 1.05 bits per heavy atom. The first kappa shape index (κ1) is 43.5. The zero-order chi connectivity index (χ0) is 32.7. The lowest BCUT2D eigenvalue weighted by Gasteiger charge is -2.25. The van der Waals surface area contributed by atoms with E-state index in [0.717, 1.165) is 43.9 Å². The van der Waals surface area contributed by atoms with Crippen LogP contribution < -0.4 is 10.6 Å². The van der Waals surface area contributed by atoms with Crippen molar-refractivity contribution in [3.8, 4) is 0 Å². The van der Waals surface area contributed by atoms with Crippen molar-refractivity contribution < 1.29 is 38.5 Å². The van der Waals surface area contributed by atoms with E-state index in [0.29, 0.717) is 19.6 Å². The summed E-state index contributed by atoms with van der Waals surface area (Å²) in [6, 6.07) is 0. The van der Waals surface area contributed by atoms with Gasteiger partial charge in [-0.15, -0.1) is 0 Å². The first-order chi connectivity index (χ1) is 21.2. The number of carbonyl (C=O) groups excluding carboxylic acids is 1. The molecule has 1 unspecified atom stereocenters. The molecule has 0 aromatic carbocycles. The number of quaternary nitrogens is 1. The van der Waals surface area contributed by atoms with Crippen LogP contribution in [0.25, 0.3) is 0 Å². The van der Waals surface area contributed by atoms with E-state index in [1.165, 1.54) is 103 Å². The van der Waals surface area contributed by atoms with E-state index in [1.807, 2.05) is 0 Å². The minimum Gasteiger partial charge on any atom is -0.756 e. The molecule has 9 heteroatoms. The molecule has 0 rings (SSSR count). The van der Waals surface area contributed by atoms with Gasteiger partial charge in [0.25, 0.3) is 7.82 Å². The molecule has 0 heterocycles. The number of unbranched alkanes of at least 4 members (excludes halogenated alkanes) is 17. The molecule has 0 radical (unpaired) electrons. The molecular weight excluding hydrogens is 577 g/mol. The van der Waals surface area contributed by atoms with E-state index >= 15 is 0 Å². The van der Waals surface area contributed by atoms with Crippen LogP contribution in [0.1, 0.15) is 169 Å². The van der Waals surface area contributed by atoms with Gasteiger partial charge in [-0.05, 0) is 24.7 Å². The van der Waals surface area contributed by atoms with Gasteiger partial charge < -0.3 is 29.1 Å². The Hall–Kier alpha value is -0.500. The highest BCUT2D eigenvalue weighted by Gasteiger charge is 2.19. The number of carbonyl (C=O) groups is 1. The Kier molecular flexibility index (Phi) is 30.8. The van der Waals surface area contributed by atoms with Gasteiger partial charge in [0, 0.05) is 13.0 Å². The lowest BCUT2D eigenvalue weighted by molar-refractivity contribution is -0.373. The number of phosphoric ester groups is 1. The molecule has 0 fully saturated rings. The van der Waals surface area contributed by atoms with Crippen molar-refractivity contribution in [1.82, 2.24) is 0 Å². The van der Waals surface area contributed by atoms with Crippen molar-refractivity contribution >= 4 is 13.8 Å². The summed E-state index contributed by atoms with van der Waals surface area (Å²) in [7, 11) is -4.47. The van der Waals surface area contributed by atoms with Gasteiger partial charge in [0.15, 0.2) is 0 Å². The van der Waals surface area contributed by atoms with Gasteiger partial charge in [0.1, 0.15) is 12.7 Å². The second kappa shape index (κ2) is 31.1. The summed E-state index contributed by atoms with van der Waals surface area (Å²) in [6.45, 7) is 9.78. The molecule has 0 aromatic heterocycles. The first-order valence-corrected chi connectivity index (χ1v) is 19.8. The van der Waals surface area contributed by atoms with E-state index in [-0.39, 0.29) is 25.8 Å². The highest BCUT2D eigenvalue weighted by Crippen LogP contribution is 2.38. The summed E-state index contributed by atoms with van der Waals surface area (Å²) >= 11 is 0. The Labute approximate surface area is 271 Å². The van der Waals surface area contributed by atoms with Crippen LogP contribution in [-0.2, 0) is 27.9 Å². The second-order valence-electron chi connectivity index (χ2n) is 13.4. The second-order valence-corrected chi connectivity index (χ2v) is 14.9. The predicted molar refractivity (Wildman–Crippen MR) is 179 cm³/mol. The Morgan fingerprint density at radius 3 is 1.50 bits per heavy atom. The average molecular weight is 650 g/mol. The molecule has 0 saturated heterocycles. The van der Waals surface area contributed by atoms with Gasteiger partial charge in [-0.3, -0.25) is 9.36 Å². The quantitative estimate of drug-likeness (QED) is 0.0421. The minimum absolute atomic E-state index is 0.0435. The first-order valence-electron chi connectivity index (χ1n) is 18.3. The fourth-order valence-corrected chi connectivity index (χ4v) is 5.97. The third-order valence-electron chi connectivity index (χ3n) is 7.90. The third-order valence-corrected chi connectivity index (χ3v) is 8.86. The van der Waals surface area contributed by atoms with Gasteiger partial charge in [-0.1, -0.05) is 150 Å². The molecule has 0 saturated carbocycles. The van der Waals surface area contributed by atoms with Crippen LogP contribution in [0.5, 0.6) is 0 Å². The Morgan fingerprint density at radius 1 is 0.614 bits per heavy atom. The lowest BCUT2D eigenvalue weighted by atomic mass is 10.0. The summed E-state index contributed by atoms with van der Waals surface area (Å²) in [5.41, 5.74) is 3.57. The number of hydrogen-bond acceptors (Lipinski definition) is 7. The maximum Gasteiger partial charge on any atom is 0.306 e. The van der Waals surface area contributed by atoms with Crippen molar-refractivity contribution in [2.24, 2.45) is 11.8 Å². The third kappa shape index (κ3) is 32.9. The van der Waals surface area contributed by atoms with Crippen LogP contribution in [0.15, 0.2) is 0 Å². The summed E-state index contributed by atoms with van der Waals surface area (Å²) in [5, 5.41) is 0. The molecule has 0 aliphatic rings. The number of esters is 1. The summed E-state index contributed by atoms with van der Waals surface area (Å²) < 4.78 is 33.0. The molecule has 0 spiro atoms. The average Bonchev–Trinajstić information content (AvgIpc) is 2.97. The molecule has 0 amide bonds. The van der Waals surface area contributed by atoms with E-state index < -0.39 is 13.9 Å². The SMILES string of the molecule is CC(C)CCCCCCCCCCCCOC[C@H](COP(=O)([O-])OCC[NH3+])OC(=O)CCCCCCCCCCCC(C)C. The fourth-order valence-electron chi connectivity index (χ4n) is 5.19. The van der Waals surface area contributed by atoms with Gasteiger partial charge in [0.2, 0.25) is 0 Å². The standard InChI is InChI=1S/C35H72NO7P/c1-32(2)24-20-16-12-8-5-6-11-15-19-23-28-40-30-34(31-42-44(38,39)41-29-27-36)43-35(37)26-22-18-14-10-7-9-13-17-21-25-33(3)4/h32-34H,5-31,36H2,1-4H3,(H,38,39)/t34-/m1/s1. The van der Waals surface area contributed by atoms with Crippen molar-refractivity contribution in [2.75, 3.05) is 33.0 Å². The predicted octanol–water partition coefficient (Wildman–Crippen LogP) is 8.55. The number of phosphoric acid groups is 1. The van der Waals surface area contributed by atoms with E-state index in [4.69, 9.17) is 18.5 Å². The largest absolute Gasteiger partial charge is 0.756 e. The van der Waals surface area contributed by atoms with Crippen LogP contribution in [-0.4, -0.2) is 45.0 Å². The van der Waals surface area contributed by atoms with Crippen LogP contribution >= 0.6 is 7.82 Å². The van der Waals surface area contributed by atoms with Crippen molar-refractivity contribution in [2.45, 2.75) is 175 Å². The molecule has 0 aromatic rings. The van der Waals surface area contributed by atoms with Gasteiger partial charge >= 0.3 is 5.97 Å². The molecule has 2 atom stereocenters. The fraction of sp³-hybridized carbons (Fsp3) is 0.971. The summed E-state index contributed by atoms with van der Waals surface area (Å²) in [4.78, 5) is 24.4. The van der Waals surface area contributed by atoms with Crippen molar-refractivity contribution in [3.05, 3.63) is 0 Å². The maximum atomic E-state index is 12.5. The van der Waals surface area contributed by atoms with E-state index in [1.54, 1.807) is 0 Å². The highest BCUT2D eigenvalue weighted by atomic mass is 31.2. The zero-order valence-corrected chi connectivity index (χ0v) is 30.2. The minimum atomic E-state index is -4.47. The van der Waals surface area contributed by atoms with E-state index in [2.05, 4.69) is 33.4 Å². The molecule has 0 bridgehead atoms. The number of ether oxygens (including phenoxy) is 2. The summed E-state index contributed by atoms with van der Waals surface area (Å²) in [6.07, 6.45) is 25.4. The highest BCUT2D eigenvalue weighted by molar-refractivity contribution is 7.45. The molecule has 44 heavy (non-hydrogen) atoms. The van der Waals surface area contributed by atoms with Crippen molar-refractivity contribution in [1.29, 1.82) is 0 Å². The van der Waals surface area contributed by atoms with E-state index in [9.17, 15) is 14.3 Å². The monoisotopic (exact) mass is 650 g/mol. The van der Waals surface area contributed by atoms with Gasteiger partial charge in [0.05, 0.1) is 19.8 Å². The molecule has 8 nitrogen and oxygen atoms in total. The summed E-state index contributed by atoms with van der Waals surface area (Å²) in [5.74, 6) is 1.28. The Balaban J connectivity index is 4.09. The zero-order valence-electron chi connectivity index (χ0n) is 29.3. The van der Waals surface area contributed by atoms with Gasteiger partial charge in [-0.25, -0.2) is 0 Å². The normalized spacial score (nSPS) is 13.9. The number of hydrogen-bond donors (Lipinski definition) is 1. The van der Waals surface area contributed by atoms with Crippen LogP contribution in [0.4, 0.5) is 0 Å². The maximum absolute atomic E-state index is 12.5. The molecular formula is C35H72NO7P. The number of rotatable bonds is 34. The lowest BCUT2D eigenvalue weighted by Crippen LogP contribution is -2.52. The molecule has 0 aliphatic heterocycles. The van der Waals surface area contributed by atoms with Crippen LogP contribution in [0, 0.1) is 11.8 Å². The smallest absolute Gasteiger partial charge is 0.306 e.